The van der Waals surface area contributed by atoms with Crippen molar-refractivity contribution < 1.29 is 44.9 Å². The standard InChI is InChI=1S/C27H29NO9/c28-7-3-1-2-4-14-5-6-22-15(8-14)13-23(26(36-22)16-9-18(29)24(33)19(30)10-16)37-27(35)17-11-20(31)25(34)21(32)12-17/h5-6,8-12,23,26,29-34H,1-4,7,13,28H2/t23-,26?/m1/s1. The molecule has 0 aromatic heterocycles. The number of unbranched alkanes of at least 4 members (excludes halogenated alkanes) is 2. The lowest BCUT2D eigenvalue weighted by Crippen LogP contribution is -2.34. The molecule has 0 radical (unpaired) electrons. The summed E-state index contributed by atoms with van der Waals surface area (Å²) in [5.41, 5.74) is 7.47. The maximum absolute atomic E-state index is 12.9. The summed E-state index contributed by atoms with van der Waals surface area (Å²) in [5, 5.41) is 59.0. The summed E-state index contributed by atoms with van der Waals surface area (Å²) in [6.45, 7) is 0.644. The van der Waals surface area contributed by atoms with Crippen LogP contribution in [0.15, 0.2) is 42.5 Å². The molecule has 1 aliphatic heterocycles. The van der Waals surface area contributed by atoms with Crippen LogP contribution in [0.1, 0.15) is 52.4 Å². The largest absolute Gasteiger partial charge is 0.504 e. The second kappa shape index (κ2) is 10.8. The first kappa shape index (κ1) is 25.8. The molecule has 0 amide bonds. The Balaban J connectivity index is 1.65. The first-order valence-electron chi connectivity index (χ1n) is 11.9. The van der Waals surface area contributed by atoms with Gasteiger partial charge in [-0.05, 0) is 67.3 Å². The molecule has 1 heterocycles. The molecule has 0 spiro atoms. The van der Waals surface area contributed by atoms with E-state index in [2.05, 4.69) is 0 Å². The number of phenolic OH excluding ortho intramolecular Hbond substituents is 6. The Labute approximate surface area is 212 Å². The molecule has 1 aliphatic rings. The van der Waals surface area contributed by atoms with E-state index < -0.39 is 52.7 Å². The minimum atomic E-state index is -0.969. The number of hydrogen-bond acceptors (Lipinski definition) is 10. The summed E-state index contributed by atoms with van der Waals surface area (Å²) in [4.78, 5) is 12.9. The molecule has 37 heavy (non-hydrogen) atoms. The second-order valence-corrected chi connectivity index (χ2v) is 9.00. The number of carbonyl (C=O) groups is 1. The average molecular weight is 512 g/mol. The highest BCUT2D eigenvalue weighted by atomic mass is 16.6. The van der Waals surface area contributed by atoms with Gasteiger partial charge in [-0.3, -0.25) is 0 Å². The molecule has 10 nitrogen and oxygen atoms in total. The number of phenols is 6. The van der Waals surface area contributed by atoms with Gasteiger partial charge < -0.3 is 45.8 Å². The number of carbonyl (C=O) groups excluding carboxylic acids is 1. The van der Waals surface area contributed by atoms with E-state index in [0.29, 0.717) is 12.3 Å². The summed E-state index contributed by atoms with van der Waals surface area (Å²) in [6.07, 6.45) is 2.07. The summed E-state index contributed by atoms with van der Waals surface area (Å²) < 4.78 is 11.9. The highest BCUT2D eigenvalue weighted by Gasteiger charge is 2.36. The molecule has 4 rings (SSSR count). The van der Waals surface area contributed by atoms with Crippen LogP contribution in [0.3, 0.4) is 0 Å². The number of esters is 1. The summed E-state index contributed by atoms with van der Waals surface area (Å²) >= 11 is 0. The van der Waals surface area contributed by atoms with Crippen molar-refractivity contribution in [3.8, 4) is 40.2 Å². The topological polar surface area (TPSA) is 183 Å². The lowest BCUT2D eigenvalue weighted by molar-refractivity contribution is -0.0184. The Bertz CT molecular complexity index is 1260. The normalized spacial score (nSPS) is 16.6. The number of ether oxygens (including phenoxy) is 2. The number of aryl methyl sites for hydroxylation is 1. The Morgan fingerprint density at radius 1 is 0.865 bits per heavy atom. The van der Waals surface area contributed by atoms with Gasteiger partial charge >= 0.3 is 5.97 Å². The van der Waals surface area contributed by atoms with Gasteiger partial charge in [0.2, 0.25) is 0 Å². The Morgan fingerprint density at radius 3 is 2.11 bits per heavy atom. The quantitative estimate of drug-likeness (QED) is 0.134. The minimum absolute atomic E-state index is 0.206. The van der Waals surface area contributed by atoms with Gasteiger partial charge in [-0.2, -0.15) is 0 Å². The van der Waals surface area contributed by atoms with Crippen LogP contribution in [0.4, 0.5) is 0 Å². The van der Waals surface area contributed by atoms with Crippen LogP contribution in [-0.4, -0.2) is 49.3 Å². The molecule has 0 aliphatic carbocycles. The van der Waals surface area contributed by atoms with E-state index in [1.54, 1.807) is 0 Å². The number of nitrogens with two attached hydrogens (primary N) is 1. The Morgan fingerprint density at radius 2 is 1.49 bits per heavy atom. The fourth-order valence-electron chi connectivity index (χ4n) is 4.35. The zero-order valence-electron chi connectivity index (χ0n) is 19.9. The van der Waals surface area contributed by atoms with Crippen molar-refractivity contribution >= 4 is 5.97 Å². The van der Waals surface area contributed by atoms with E-state index in [4.69, 9.17) is 15.2 Å². The van der Waals surface area contributed by atoms with Crippen LogP contribution in [0.5, 0.6) is 40.2 Å². The number of rotatable bonds is 8. The van der Waals surface area contributed by atoms with Crippen molar-refractivity contribution in [2.24, 2.45) is 5.73 Å². The van der Waals surface area contributed by atoms with Crippen LogP contribution in [0, 0.1) is 0 Å². The van der Waals surface area contributed by atoms with Gasteiger partial charge in [0.1, 0.15) is 11.9 Å². The van der Waals surface area contributed by atoms with Crippen LogP contribution in [0.25, 0.3) is 0 Å². The third-order valence-corrected chi connectivity index (χ3v) is 6.29. The maximum atomic E-state index is 12.9. The molecule has 1 unspecified atom stereocenters. The summed E-state index contributed by atoms with van der Waals surface area (Å²) in [5.74, 6) is -4.36. The predicted octanol–water partition coefficient (Wildman–Crippen LogP) is 3.49. The van der Waals surface area contributed by atoms with E-state index >= 15 is 0 Å². The molecule has 3 aromatic carbocycles. The van der Waals surface area contributed by atoms with E-state index in [1.807, 2.05) is 18.2 Å². The van der Waals surface area contributed by atoms with Gasteiger partial charge in [0.25, 0.3) is 0 Å². The first-order valence-corrected chi connectivity index (χ1v) is 11.9. The SMILES string of the molecule is NCCCCCc1ccc2c(c1)C[C@@H](OC(=O)c1cc(O)c(O)c(O)c1)C(c1cc(O)c(O)c(O)c1)O2. The highest BCUT2D eigenvalue weighted by Crippen LogP contribution is 2.43. The monoisotopic (exact) mass is 511 g/mol. The van der Waals surface area contributed by atoms with Gasteiger partial charge in [0.15, 0.2) is 40.6 Å². The highest BCUT2D eigenvalue weighted by molar-refractivity contribution is 5.91. The van der Waals surface area contributed by atoms with E-state index in [-0.39, 0.29) is 17.5 Å². The van der Waals surface area contributed by atoms with E-state index in [9.17, 15) is 35.4 Å². The van der Waals surface area contributed by atoms with Gasteiger partial charge in [-0.1, -0.05) is 18.6 Å². The van der Waals surface area contributed by atoms with Crippen molar-refractivity contribution in [1.82, 2.24) is 0 Å². The molecule has 10 heteroatoms. The smallest absolute Gasteiger partial charge is 0.338 e. The van der Waals surface area contributed by atoms with Crippen LogP contribution in [0.2, 0.25) is 0 Å². The van der Waals surface area contributed by atoms with Crippen LogP contribution in [-0.2, 0) is 17.6 Å². The van der Waals surface area contributed by atoms with Crippen LogP contribution >= 0.6 is 0 Å². The van der Waals surface area contributed by atoms with Gasteiger partial charge in [-0.25, -0.2) is 4.79 Å². The Hall–Kier alpha value is -4.31. The van der Waals surface area contributed by atoms with Gasteiger partial charge in [0, 0.05) is 12.0 Å². The second-order valence-electron chi connectivity index (χ2n) is 9.00. The predicted molar refractivity (Wildman–Crippen MR) is 132 cm³/mol. The van der Waals surface area contributed by atoms with Crippen molar-refractivity contribution in [2.45, 2.75) is 44.3 Å². The molecule has 0 bridgehead atoms. The van der Waals surface area contributed by atoms with Crippen molar-refractivity contribution in [2.75, 3.05) is 6.54 Å². The molecule has 0 saturated heterocycles. The van der Waals surface area contributed by atoms with Crippen molar-refractivity contribution in [3.63, 3.8) is 0 Å². The lowest BCUT2D eigenvalue weighted by atomic mass is 9.92. The number of aromatic hydroxyl groups is 6. The molecule has 196 valence electrons. The van der Waals surface area contributed by atoms with E-state index in [1.165, 1.54) is 12.1 Å². The third kappa shape index (κ3) is 5.59. The van der Waals surface area contributed by atoms with Crippen LogP contribution < -0.4 is 10.5 Å². The number of benzene rings is 3. The summed E-state index contributed by atoms with van der Waals surface area (Å²) in [7, 11) is 0. The number of fused-ring (bicyclic) bond motifs is 1. The number of hydrogen-bond donors (Lipinski definition) is 7. The minimum Gasteiger partial charge on any atom is -0.504 e. The zero-order valence-corrected chi connectivity index (χ0v) is 19.9. The first-order chi connectivity index (χ1) is 17.7. The zero-order chi connectivity index (χ0) is 26.7. The molecule has 0 fully saturated rings. The van der Waals surface area contributed by atoms with Crippen molar-refractivity contribution in [3.05, 3.63) is 64.7 Å². The van der Waals surface area contributed by atoms with Crippen molar-refractivity contribution in [1.29, 1.82) is 0 Å². The molecule has 3 aromatic rings. The molecular formula is C27H29NO9. The average Bonchev–Trinajstić information content (AvgIpc) is 2.87. The third-order valence-electron chi connectivity index (χ3n) is 6.29. The van der Waals surface area contributed by atoms with Gasteiger partial charge in [-0.15, -0.1) is 0 Å². The maximum Gasteiger partial charge on any atom is 0.338 e. The fraction of sp³-hybridized carbons (Fsp3) is 0.296. The molecular weight excluding hydrogens is 482 g/mol. The van der Waals surface area contributed by atoms with E-state index in [0.717, 1.165) is 48.9 Å². The molecule has 0 saturated carbocycles. The molecule has 2 atom stereocenters. The molecule has 8 N–H and O–H groups in total. The summed E-state index contributed by atoms with van der Waals surface area (Å²) in [6, 6.07) is 10.1. The Kier molecular flexibility index (Phi) is 7.49. The van der Waals surface area contributed by atoms with Gasteiger partial charge in [0.05, 0.1) is 5.56 Å². The fourth-order valence-corrected chi connectivity index (χ4v) is 4.35. The lowest BCUT2D eigenvalue weighted by Gasteiger charge is -2.34.